The summed E-state index contributed by atoms with van der Waals surface area (Å²) < 4.78 is 0. The molecule has 1 aromatic rings. The van der Waals surface area contributed by atoms with Crippen LogP contribution in [-0.2, 0) is 11.2 Å². The third-order valence-corrected chi connectivity index (χ3v) is 3.67. The number of carbonyl (C=O) groups is 1. The summed E-state index contributed by atoms with van der Waals surface area (Å²) in [6.07, 6.45) is 6.45. The van der Waals surface area contributed by atoms with Gasteiger partial charge in [0.2, 0.25) is 5.91 Å². The largest absolute Gasteiger partial charge is 0.353 e. The van der Waals surface area contributed by atoms with Crippen molar-refractivity contribution in [3.63, 3.8) is 0 Å². The van der Waals surface area contributed by atoms with E-state index in [-0.39, 0.29) is 5.91 Å². The van der Waals surface area contributed by atoms with Gasteiger partial charge in [-0.2, -0.15) is 0 Å². The van der Waals surface area contributed by atoms with E-state index in [0.29, 0.717) is 17.9 Å². The van der Waals surface area contributed by atoms with Crippen LogP contribution in [0.25, 0.3) is 0 Å². The van der Waals surface area contributed by atoms with E-state index in [1.165, 1.54) is 6.42 Å². The first-order chi connectivity index (χ1) is 8.55. The lowest BCUT2D eigenvalue weighted by atomic mass is 9.92. The minimum absolute atomic E-state index is 0.156. The Morgan fingerprint density at radius 2 is 2.33 bits per heavy atom. The molecule has 1 amide bonds. The fourth-order valence-corrected chi connectivity index (χ4v) is 2.65. The highest BCUT2D eigenvalue weighted by Gasteiger charge is 2.31. The molecule has 1 fully saturated rings. The van der Waals surface area contributed by atoms with Crippen molar-refractivity contribution < 1.29 is 4.79 Å². The van der Waals surface area contributed by atoms with E-state index in [1.807, 2.05) is 18.2 Å². The van der Waals surface area contributed by atoms with Crippen LogP contribution in [0, 0.1) is 5.41 Å². The predicted molar refractivity (Wildman–Crippen MR) is 72.1 cm³/mol. The van der Waals surface area contributed by atoms with Crippen LogP contribution in [0.2, 0.25) is 0 Å². The van der Waals surface area contributed by atoms with Gasteiger partial charge in [-0.05, 0) is 43.2 Å². The van der Waals surface area contributed by atoms with Crippen LogP contribution in [0.1, 0.15) is 45.2 Å². The molecule has 1 aromatic heterocycles. The molecule has 0 aliphatic heterocycles. The lowest BCUT2D eigenvalue weighted by Crippen LogP contribution is -2.33. The van der Waals surface area contributed by atoms with Gasteiger partial charge in [0.15, 0.2) is 0 Å². The maximum absolute atomic E-state index is 11.8. The molecule has 1 unspecified atom stereocenters. The first kappa shape index (κ1) is 13.1. The molecular weight excluding hydrogens is 224 g/mol. The summed E-state index contributed by atoms with van der Waals surface area (Å²) in [6, 6.07) is 6.19. The summed E-state index contributed by atoms with van der Waals surface area (Å²) in [6.45, 7) is 4.54. The number of aromatic nitrogens is 1. The maximum atomic E-state index is 11.8. The Bertz CT molecular complexity index is 400. The molecule has 18 heavy (non-hydrogen) atoms. The minimum atomic E-state index is 0.156. The van der Waals surface area contributed by atoms with E-state index in [2.05, 4.69) is 24.1 Å². The van der Waals surface area contributed by atoms with Crippen LogP contribution in [0.4, 0.5) is 0 Å². The first-order valence-corrected chi connectivity index (χ1v) is 6.74. The normalized spacial score (nSPS) is 21.8. The Balaban J connectivity index is 1.73. The van der Waals surface area contributed by atoms with E-state index in [0.717, 1.165) is 25.0 Å². The Labute approximate surface area is 109 Å². The van der Waals surface area contributed by atoms with Crippen molar-refractivity contribution in [2.45, 2.75) is 52.0 Å². The van der Waals surface area contributed by atoms with Gasteiger partial charge in [-0.25, -0.2) is 0 Å². The van der Waals surface area contributed by atoms with Gasteiger partial charge < -0.3 is 5.32 Å². The lowest BCUT2D eigenvalue weighted by Gasteiger charge is -2.17. The van der Waals surface area contributed by atoms with Crippen molar-refractivity contribution in [1.82, 2.24) is 10.3 Å². The average molecular weight is 246 g/mol. The highest BCUT2D eigenvalue weighted by Crippen LogP contribution is 2.36. The summed E-state index contributed by atoms with van der Waals surface area (Å²) in [7, 11) is 0. The molecule has 3 heteroatoms. The number of hydrogen-bond donors (Lipinski definition) is 1. The smallest absolute Gasteiger partial charge is 0.220 e. The fraction of sp³-hybridized carbons (Fsp3) is 0.600. The van der Waals surface area contributed by atoms with Gasteiger partial charge in [0, 0.05) is 24.4 Å². The van der Waals surface area contributed by atoms with Crippen LogP contribution in [0.3, 0.4) is 0 Å². The summed E-state index contributed by atoms with van der Waals surface area (Å²) in [5.41, 5.74) is 1.37. The van der Waals surface area contributed by atoms with Crippen molar-refractivity contribution in [1.29, 1.82) is 0 Å². The van der Waals surface area contributed by atoms with Crippen LogP contribution in [0.15, 0.2) is 24.4 Å². The molecule has 1 N–H and O–H groups in total. The van der Waals surface area contributed by atoms with Crippen molar-refractivity contribution in [2.75, 3.05) is 0 Å². The molecule has 3 nitrogen and oxygen atoms in total. The summed E-state index contributed by atoms with van der Waals surface area (Å²) >= 11 is 0. The van der Waals surface area contributed by atoms with Gasteiger partial charge in [-0.1, -0.05) is 19.9 Å². The number of carbonyl (C=O) groups excluding carboxylic acids is 1. The molecule has 0 spiro atoms. The van der Waals surface area contributed by atoms with Gasteiger partial charge >= 0.3 is 0 Å². The van der Waals surface area contributed by atoms with Gasteiger partial charge in [0.25, 0.3) is 0 Å². The minimum Gasteiger partial charge on any atom is -0.353 e. The highest BCUT2D eigenvalue weighted by molar-refractivity contribution is 5.76. The number of nitrogens with zero attached hydrogens (tertiary/aromatic N) is 1. The zero-order valence-electron chi connectivity index (χ0n) is 11.3. The Hall–Kier alpha value is -1.38. The van der Waals surface area contributed by atoms with Crippen LogP contribution in [0.5, 0.6) is 0 Å². The molecule has 0 saturated heterocycles. The number of aryl methyl sites for hydroxylation is 1. The number of nitrogens with one attached hydrogen (secondary N) is 1. The van der Waals surface area contributed by atoms with Crippen molar-refractivity contribution in [3.8, 4) is 0 Å². The van der Waals surface area contributed by atoms with Crippen molar-refractivity contribution >= 4 is 5.91 Å². The fourth-order valence-electron chi connectivity index (χ4n) is 2.65. The van der Waals surface area contributed by atoms with E-state index < -0.39 is 0 Å². The summed E-state index contributed by atoms with van der Waals surface area (Å²) in [5.74, 6) is 0.156. The molecule has 98 valence electrons. The average Bonchev–Trinajstić information content (AvgIpc) is 2.67. The molecule has 1 saturated carbocycles. The second-order valence-electron chi connectivity index (χ2n) is 5.99. The molecule has 1 heterocycles. The first-order valence-electron chi connectivity index (χ1n) is 6.74. The van der Waals surface area contributed by atoms with Gasteiger partial charge in [0.05, 0.1) is 0 Å². The van der Waals surface area contributed by atoms with Gasteiger partial charge in [-0.3, -0.25) is 9.78 Å². The van der Waals surface area contributed by atoms with E-state index >= 15 is 0 Å². The van der Waals surface area contributed by atoms with E-state index in [9.17, 15) is 4.79 Å². The van der Waals surface area contributed by atoms with E-state index in [1.54, 1.807) is 6.20 Å². The van der Waals surface area contributed by atoms with Gasteiger partial charge in [0.1, 0.15) is 0 Å². The highest BCUT2D eigenvalue weighted by atomic mass is 16.1. The van der Waals surface area contributed by atoms with Crippen molar-refractivity contribution in [3.05, 3.63) is 30.1 Å². The third-order valence-electron chi connectivity index (χ3n) is 3.67. The Morgan fingerprint density at radius 1 is 1.50 bits per heavy atom. The zero-order chi connectivity index (χ0) is 13.0. The van der Waals surface area contributed by atoms with Gasteiger partial charge in [-0.15, -0.1) is 0 Å². The molecule has 1 aliphatic rings. The second kappa shape index (κ2) is 5.51. The van der Waals surface area contributed by atoms with Crippen LogP contribution >= 0.6 is 0 Å². The number of amides is 1. The lowest BCUT2D eigenvalue weighted by molar-refractivity contribution is -0.121. The monoisotopic (exact) mass is 246 g/mol. The maximum Gasteiger partial charge on any atom is 0.220 e. The summed E-state index contributed by atoms with van der Waals surface area (Å²) in [4.78, 5) is 16.1. The molecule has 0 radical (unpaired) electrons. The molecule has 1 atom stereocenters. The molecular formula is C15H22N2O. The topological polar surface area (TPSA) is 42.0 Å². The molecule has 0 aromatic carbocycles. The molecule has 0 bridgehead atoms. The number of rotatable bonds is 4. The summed E-state index contributed by atoms with van der Waals surface area (Å²) in [5, 5.41) is 3.14. The number of hydrogen-bond acceptors (Lipinski definition) is 2. The van der Waals surface area contributed by atoms with E-state index in [4.69, 9.17) is 0 Å². The second-order valence-corrected chi connectivity index (χ2v) is 5.99. The number of pyridine rings is 1. The SMILES string of the molecule is CC1(C)CCC(NC(=O)CCc2ccccn2)C1. The molecule has 2 rings (SSSR count). The molecule has 1 aliphatic carbocycles. The standard InChI is InChI=1S/C15H22N2O/c1-15(2)9-8-13(11-15)17-14(18)7-6-12-5-3-4-10-16-12/h3-5,10,13H,6-9,11H2,1-2H3,(H,17,18). The Kier molecular flexibility index (Phi) is 4.00. The van der Waals surface area contributed by atoms with Crippen molar-refractivity contribution in [2.24, 2.45) is 5.41 Å². The Morgan fingerprint density at radius 3 is 2.94 bits per heavy atom. The zero-order valence-corrected chi connectivity index (χ0v) is 11.3. The predicted octanol–water partition coefficient (Wildman–Crippen LogP) is 2.71. The third kappa shape index (κ3) is 3.83. The van der Waals surface area contributed by atoms with Crippen LogP contribution < -0.4 is 5.32 Å². The quantitative estimate of drug-likeness (QED) is 0.887. The van der Waals surface area contributed by atoms with Crippen LogP contribution in [-0.4, -0.2) is 16.9 Å².